The minimum Gasteiger partial charge on any atom is -0.278 e. The standard InChI is InChI=1S/C63H43N5Si/c1-5-23-44(24-6-1)61-64-62(67-57-38-20-17-35-53(57)51-33-15-13-31-49(51)50-32-14-16-34-52(50)54-36-18-21-39-58(54)67)66-63(65-61)68-59-40-22-19-37-55(59)56-42-41-48(43-60(56)68)69(45-25-7-2-8-26-45,46-27-9-3-10-28-46)47-29-11-4-12-30-47/h1-43H. The average Bonchev–Trinajstić information content (AvgIpc) is 3.78. The zero-order chi connectivity index (χ0) is 45.7. The largest absolute Gasteiger partial charge is 0.278 e. The first-order chi connectivity index (χ1) is 34.3. The quantitative estimate of drug-likeness (QED) is 0.118. The number of hydrogen-bond acceptors (Lipinski definition) is 3. The zero-order valence-corrected chi connectivity index (χ0v) is 38.6. The van der Waals surface area contributed by atoms with Gasteiger partial charge in [0.05, 0.1) is 22.1 Å². The number of nitrogens with zero attached hydrogens (tertiary/aromatic N) is 5. The summed E-state index contributed by atoms with van der Waals surface area (Å²) in [5, 5.41) is 14.2. The van der Waals surface area contributed by atoms with E-state index in [1.807, 2.05) is 18.2 Å². The van der Waals surface area contributed by atoms with Crippen molar-refractivity contribution in [2.45, 2.75) is 0 Å². The first-order valence-corrected chi connectivity index (χ1v) is 25.5. The highest BCUT2D eigenvalue weighted by Crippen LogP contribution is 2.36. The predicted molar refractivity (Wildman–Crippen MR) is 290 cm³/mol. The van der Waals surface area contributed by atoms with Crippen LogP contribution in [0.15, 0.2) is 261 Å². The van der Waals surface area contributed by atoms with Gasteiger partial charge in [-0.15, -0.1) is 0 Å². The van der Waals surface area contributed by atoms with E-state index in [4.69, 9.17) is 15.0 Å². The minimum absolute atomic E-state index is 0.513. The van der Waals surface area contributed by atoms with Gasteiger partial charge in [0, 0.05) is 27.1 Å². The molecule has 0 unspecified atom stereocenters. The molecule has 0 aliphatic rings. The molecule has 0 radical (unpaired) electrons. The van der Waals surface area contributed by atoms with Crippen LogP contribution in [-0.4, -0.2) is 32.2 Å². The summed E-state index contributed by atoms with van der Waals surface area (Å²) in [5.74, 6) is 1.62. The zero-order valence-electron chi connectivity index (χ0n) is 37.6. The fourth-order valence-corrected chi connectivity index (χ4v) is 15.6. The van der Waals surface area contributed by atoms with Crippen molar-refractivity contribution in [3.8, 4) is 23.3 Å². The lowest BCUT2D eigenvalue weighted by molar-refractivity contribution is 0.891. The van der Waals surface area contributed by atoms with Gasteiger partial charge in [-0.05, 0) is 66.6 Å². The molecule has 3 heterocycles. The molecule has 0 saturated carbocycles. The Balaban J connectivity index is 1.19. The van der Waals surface area contributed by atoms with Crippen LogP contribution >= 0.6 is 0 Å². The van der Waals surface area contributed by atoms with E-state index in [-0.39, 0.29) is 0 Å². The number of fused-ring (bicyclic) bond motifs is 10. The Hall–Kier alpha value is -8.97. The van der Waals surface area contributed by atoms with Gasteiger partial charge in [-0.25, -0.2) is 0 Å². The van der Waals surface area contributed by atoms with E-state index in [0.717, 1.165) is 59.9 Å². The van der Waals surface area contributed by atoms with E-state index in [1.54, 1.807) is 0 Å². The molecular weight excluding hydrogens is 855 g/mol. The maximum atomic E-state index is 5.68. The molecule has 0 spiro atoms. The van der Waals surface area contributed by atoms with Crippen LogP contribution in [-0.2, 0) is 0 Å². The lowest BCUT2D eigenvalue weighted by atomic mass is 10.0. The maximum absolute atomic E-state index is 5.68. The summed E-state index contributed by atoms with van der Waals surface area (Å²) in [6, 6.07) is 94.1. The van der Waals surface area contributed by atoms with Crippen molar-refractivity contribution in [1.82, 2.24) is 24.1 Å². The molecular formula is C63H43N5Si. The molecule has 0 atom stereocenters. The van der Waals surface area contributed by atoms with Crippen LogP contribution in [0.3, 0.4) is 0 Å². The lowest BCUT2D eigenvalue weighted by Crippen LogP contribution is -2.74. The third-order valence-electron chi connectivity index (χ3n) is 13.8. The van der Waals surface area contributed by atoms with Gasteiger partial charge in [-0.2, -0.15) is 15.0 Å². The van der Waals surface area contributed by atoms with E-state index in [2.05, 4.69) is 252 Å². The first kappa shape index (κ1) is 40.3. The summed E-state index contributed by atoms with van der Waals surface area (Å²) in [5.41, 5.74) is 4.87. The summed E-state index contributed by atoms with van der Waals surface area (Å²) in [6.45, 7) is 0. The highest BCUT2D eigenvalue weighted by molar-refractivity contribution is 7.20. The number of benzene rings is 10. The van der Waals surface area contributed by atoms with Crippen LogP contribution in [0.5, 0.6) is 0 Å². The second-order valence-electron chi connectivity index (χ2n) is 17.5. The summed E-state index contributed by atoms with van der Waals surface area (Å²) >= 11 is 0. The van der Waals surface area contributed by atoms with Crippen LogP contribution in [0, 0.1) is 0 Å². The van der Waals surface area contributed by atoms with Crippen molar-refractivity contribution in [3.05, 3.63) is 261 Å². The molecule has 0 bridgehead atoms. The number of aromatic nitrogens is 5. The van der Waals surface area contributed by atoms with Gasteiger partial charge in [0.1, 0.15) is 0 Å². The van der Waals surface area contributed by atoms with Gasteiger partial charge in [0.2, 0.25) is 11.9 Å². The van der Waals surface area contributed by atoms with Crippen molar-refractivity contribution in [1.29, 1.82) is 0 Å². The Morgan fingerprint density at radius 3 is 1.00 bits per heavy atom. The Bertz CT molecular complexity index is 3930. The predicted octanol–water partition coefficient (Wildman–Crippen LogP) is 12.5. The van der Waals surface area contributed by atoms with E-state index in [9.17, 15) is 0 Å². The summed E-state index contributed by atoms with van der Waals surface area (Å²) in [4.78, 5) is 16.6. The van der Waals surface area contributed by atoms with E-state index in [0.29, 0.717) is 17.7 Å². The SMILES string of the molecule is c1ccc(-c2nc(-n3c4ccccc4c4ccccc4c4ccccc4c4ccccc43)nc(-n3c4ccccc4c4ccc([Si](c5ccccc5)(c5ccccc5)c5ccccc5)cc43)n2)cc1. The highest BCUT2D eigenvalue weighted by Gasteiger charge is 2.41. The Morgan fingerprint density at radius 1 is 0.246 bits per heavy atom. The van der Waals surface area contributed by atoms with Gasteiger partial charge in [0.15, 0.2) is 13.9 Å². The van der Waals surface area contributed by atoms with E-state index >= 15 is 0 Å². The lowest BCUT2D eigenvalue weighted by Gasteiger charge is -2.34. The molecule has 69 heavy (non-hydrogen) atoms. The molecule has 0 fully saturated rings. The minimum atomic E-state index is -2.92. The van der Waals surface area contributed by atoms with Gasteiger partial charge >= 0.3 is 0 Å². The van der Waals surface area contributed by atoms with Crippen molar-refractivity contribution in [2.75, 3.05) is 0 Å². The van der Waals surface area contributed by atoms with Gasteiger partial charge < -0.3 is 0 Å². The number of para-hydroxylation sites is 3. The van der Waals surface area contributed by atoms with Crippen molar-refractivity contribution in [3.63, 3.8) is 0 Å². The molecule has 0 N–H and O–H groups in total. The molecule has 6 heteroatoms. The Kier molecular flexibility index (Phi) is 9.77. The van der Waals surface area contributed by atoms with Crippen LogP contribution < -0.4 is 20.7 Å². The molecule has 13 rings (SSSR count). The molecule has 5 nitrogen and oxygen atoms in total. The molecule has 0 aliphatic carbocycles. The van der Waals surface area contributed by atoms with Crippen LogP contribution in [0.25, 0.3) is 88.4 Å². The third-order valence-corrected chi connectivity index (χ3v) is 18.6. The van der Waals surface area contributed by atoms with Crippen molar-refractivity contribution < 1.29 is 0 Å². The smallest absolute Gasteiger partial charge is 0.240 e. The average molecular weight is 898 g/mol. The van der Waals surface area contributed by atoms with Crippen molar-refractivity contribution in [2.24, 2.45) is 0 Å². The molecule has 324 valence electrons. The van der Waals surface area contributed by atoms with Crippen LogP contribution in [0.4, 0.5) is 0 Å². The number of rotatable bonds is 7. The molecule has 10 aromatic carbocycles. The molecule has 0 aliphatic heterocycles. The van der Waals surface area contributed by atoms with Crippen LogP contribution in [0.2, 0.25) is 0 Å². The van der Waals surface area contributed by atoms with Crippen LogP contribution in [0.1, 0.15) is 0 Å². The first-order valence-electron chi connectivity index (χ1n) is 23.5. The van der Waals surface area contributed by atoms with E-state index in [1.165, 1.54) is 31.5 Å². The molecule has 0 saturated heterocycles. The molecule has 3 aromatic heterocycles. The second-order valence-corrected chi connectivity index (χ2v) is 21.3. The molecule has 0 amide bonds. The van der Waals surface area contributed by atoms with E-state index < -0.39 is 8.07 Å². The van der Waals surface area contributed by atoms with Crippen molar-refractivity contribution >= 4 is 94.0 Å². The number of hydrogen-bond donors (Lipinski definition) is 0. The van der Waals surface area contributed by atoms with Gasteiger partial charge in [-0.3, -0.25) is 9.13 Å². The summed E-state index contributed by atoms with van der Waals surface area (Å²) < 4.78 is 4.52. The third kappa shape index (κ3) is 6.56. The van der Waals surface area contributed by atoms with Gasteiger partial charge in [-0.1, -0.05) is 237 Å². The normalized spacial score (nSPS) is 11.8. The Morgan fingerprint density at radius 2 is 0.565 bits per heavy atom. The maximum Gasteiger partial charge on any atom is 0.240 e. The molecule has 13 aromatic rings. The fraction of sp³-hybridized carbons (Fsp3) is 0. The topological polar surface area (TPSA) is 48.5 Å². The summed E-state index contributed by atoms with van der Waals surface area (Å²) in [7, 11) is -2.92. The highest BCUT2D eigenvalue weighted by atomic mass is 28.3. The second kappa shape index (κ2) is 16.7. The monoisotopic (exact) mass is 897 g/mol. The summed E-state index contributed by atoms with van der Waals surface area (Å²) in [6.07, 6.45) is 0. The Labute approximate surface area is 400 Å². The fourth-order valence-electron chi connectivity index (χ4n) is 10.8. The van der Waals surface area contributed by atoms with Gasteiger partial charge in [0.25, 0.3) is 0 Å².